The number of aryl methyl sites for hydroxylation is 2. The Balaban J connectivity index is 0.00000216. The Morgan fingerprint density at radius 2 is 0.980 bits per heavy atom. The van der Waals surface area contributed by atoms with Crippen molar-refractivity contribution in [2.24, 2.45) is 0 Å². The van der Waals surface area contributed by atoms with Crippen LogP contribution in [0.25, 0.3) is 45.8 Å². The van der Waals surface area contributed by atoms with E-state index in [2.05, 4.69) is 157 Å². The second-order valence-corrected chi connectivity index (χ2v) is 31.2. The molecule has 0 spiro atoms. The quantitative estimate of drug-likeness (QED) is 0.241. The van der Waals surface area contributed by atoms with Crippen LogP contribution in [0, 0.1) is 13.8 Å². The van der Waals surface area contributed by atoms with E-state index in [0.717, 1.165) is 11.4 Å². The van der Waals surface area contributed by atoms with Crippen molar-refractivity contribution in [3.63, 3.8) is 0 Å². The molecule has 250 valence electrons. The Morgan fingerprint density at radius 1 is 0.580 bits per heavy atom. The van der Waals surface area contributed by atoms with Crippen LogP contribution in [0.3, 0.4) is 0 Å². The number of aromatic nitrogens is 8. The fourth-order valence-electron chi connectivity index (χ4n) is 7.57. The van der Waals surface area contributed by atoms with Crippen molar-refractivity contribution in [2.45, 2.75) is 48.0 Å². The van der Waals surface area contributed by atoms with E-state index in [4.69, 9.17) is 0 Å². The summed E-state index contributed by atoms with van der Waals surface area (Å²) in [6, 6.07) is 27.0. The van der Waals surface area contributed by atoms with Gasteiger partial charge in [-0.2, -0.15) is 0 Å². The van der Waals surface area contributed by atoms with Gasteiger partial charge in [0.05, 0.1) is 0 Å². The molecular weight excluding hydrogens is 759 g/mol. The molecule has 0 N–H and O–H groups in total. The molecule has 0 radical (unpaired) electrons. The molecule has 2 aliphatic rings. The summed E-state index contributed by atoms with van der Waals surface area (Å²) < 4.78 is 4.48. The van der Waals surface area contributed by atoms with Crippen LogP contribution >= 0.6 is 0 Å². The van der Waals surface area contributed by atoms with Crippen LogP contribution in [0.2, 0.25) is 13.1 Å². The maximum atomic E-state index is 4.32. The zero-order valence-corrected chi connectivity index (χ0v) is 33.7. The number of rotatable bonds is 6. The topological polar surface area (TPSA) is 87.2 Å². The molecule has 50 heavy (non-hydrogen) atoms. The molecule has 0 amide bonds. The van der Waals surface area contributed by atoms with Crippen molar-refractivity contribution >= 4 is 17.6 Å². The summed E-state index contributed by atoms with van der Waals surface area (Å²) >= 11 is -2.43. The molecule has 6 aromatic rings. The van der Waals surface area contributed by atoms with Gasteiger partial charge in [0.1, 0.15) is 0 Å². The molecule has 2 aliphatic carbocycles. The zero-order chi connectivity index (χ0) is 33.1. The number of nitrogens with zero attached hydrogens (tertiary/aromatic N) is 8. The predicted octanol–water partition coefficient (Wildman–Crippen LogP) is 2.08. The van der Waals surface area contributed by atoms with Gasteiger partial charge in [0.15, 0.2) is 0 Å². The molecule has 0 unspecified atom stereocenters. The van der Waals surface area contributed by atoms with E-state index in [0.29, 0.717) is 7.25 Å². The average molecular weight is 795 g/mol. The molecule has 0 bridgehead atoms. The largest absolute Gasteiger partial charge is 1.00 e. The van der Waals surface area contributed by atoms with Crippen molar-refractivity contribution in [2.75, 3.05) is 0 Å². The summed E-state index contributed by atoms with van der Waals surface area (Å²) in [4.78, 5) is 0. The summed E-state index contributed by atoms with van der Waals surface area (Å²) in [5.41, 5.74) is 17.3. The van der Waals surface area contributed by atoms with Gasteiger partial charge >= 0.3 is 290 Å². The Kier molecular flexibility index (Phi) is 10.4. The normalized spacial score (nSPS) is 15.5. The van der Waals surface area contributed by atoms with Gasteiger partial charge in [-0.05, 0) is 0 Å². The second kappa shape index (κ2) is 14.4. The van der Waals surface area contributed by atoms with Gasteiger partial charge in [0, 0.05) is 0 Å². The summed E-state index contributed by atoms with van der Waals surface area (Å²) in [6.07, 6.45) is 8.36. The smallest absolute Gasteiger partial charge is 1.00 e. The molecule has 8 rings (SSSR count). The molecule has 2 heterocycles. The zero-order valence-electron chi connectivity index (χ0n) is 28.7. The van der Waals surface area contributed by atoms with E-state index in [9.17, 15) is 0 Å². The van der Waals surface area contributed by atoms with Crippen LogP contribution < -0.4 is 24.8 Å². The molecule has 2 atom stereocenters. The summed E-state index contributed by atoms with van der Waals surface area (Å²) in [7, 11) is 0. The van der Waals surface area contributed by atoms with Gasteiger partial charge < -0.3 is 24.8 Å². The predicted molar refractivity (Wildman–Crippen MR) is 189 cm³/mol. The molecule has 0 aliphatic heterocycles. The Hall–Kier alpha value is -3.82. The monoisotopic (exact) mass is 792 g/mol. The minimum atomic E-state index is -2.43. The number of benzene rings is 4. The van der Waals surface area contributed by atoms with Crippen LogP contribution in [0.15, 0.2) is 96.6 Å². The number of hydrogen-bond donors (Lipinski definition) is 0. The third-order valence-electron chi connectivity index (χ3n) is 9.82. The number of hydrogen-bond acceptors (Lipinski definition) is 6. The van der Waals surface area contributed by atoms with Crippen molar-refractivity contribution in [3.8, 4) is 33.6 Å². The molecule has 2 aromatic heterocycles. The van der Waals surface area contributed by atoms with Gasteiger partial charge in [-0.25, -0.2) is 0 Å². The Labute approximate surface area is 312 Å². The summed E-state index contributed by atoms with van der Waals surface area (Å²) in [5, 5.41) is 24.6. The van der Waals surface area contributed by atoms with Crippen molar-refractivity contribution in [1.29, 1.82) is 0 Å². The third kappa shape index (κ3) is 6.32. The first-order chi connectivity index (χ1) is 23.3. The summed E-state index contributed by atoms with van der Waals surface area (Å²) in [5.74, 6) is 0. The van der Waals surface area contributed by atoms with E-state index < -0.39 is 25.8 Å². The number of fused-ring (bicyclic) bond motifs is 2. The molecule has 8 nitrogen and oxygen atoms in total. The number of tetrazole rings is 2. The van der Waals surface area contributed by atoms with Crippen molar-refractivity contribution in [3.05, 3.63) is 130 Å². The average Bonchev–Trinajstić information content (AvgIpc) is 3.90. The molecule has 4 aromatic carbocycles. The fraction of sp³-hybridized carbons (Fsp3) is 0.211. The number of halogens is 2. The van der Waals surface area contributed by atoms with Crippen molar-refractivity contribution in [1.82, 2.24) is 40.4 Å². The first-order valence-electron chi connectivity index (χ1n) is 16.3. The molecule has 12 heteroatoms. The summed E-state index contributed by atoms with van der Waals surface area (Å²) in [6.45, 7) is 14.1. The van der Waals surface area contributed by atoms with Gasteiger partial charge in [-0.3, -0.25) is 0 Å². The van der Waals surface area contributed by atoms with Crippen LogP contribution in [0.5, 0.6) is 0 Å². The minimum Gasteiger partial charge on any atom is -1.00 e. The Bertz CT molecular complexity index is 2140. The molecule has 0 saturated carbocycles. The van der Waals surface area contributed by atoms with Gasteiger partial charge in [-0.1, -0.05) is 0 Å². The van der Waals surface area contributed by atoms with Crippen molar-refractivity contribution < 1.29 is 45.2 Å². The van der Waals surface area contributed by atoms with Gasteiger partial charge in [0.25, 0.3) is 0 Å². The fourth-order valence-corrected chi connectivity index (χ4v) is 28.2. The van der Waals surface area contributed by atoms with Gasteiger partial charge in [0.2, 0.25) is 0 Å². The van der Waals surface area contributed by atoms with E-state index in [-0.39, 0.29) is 24.8 Å². The first-order valence-corrected chi connectivity index (χ1v) is 25.3. The van der Waals surface area contributed by atoms with E-state index in [1.807, 2.05) is 0 Å². The van der Waals surface area contributed by atoms with Crippen LogP contribution in [-0.4, -0.2) is 45.8 Å². The SMILES string of the molecule is CC1=Cc2c(-c3ccc(C)cc3)cc(-n3cnnn3)cc2[C@@H]1[Zr+2]([C@H]1C(C)=Cc2c(-c3ccc(C)cc3)cc(-n3cnnn3)cc21)=[Si](C)C.[Cl-].[Cl-]. The standard InChI is InChI=1S/2C18H15N4.C2H6Si.2ClH.Zr/c2*1-12-3-5-14(6-4-12)18-10-16(22-11-19-20-21-22)9-15-7-13(2)8-17(15)18;1-3-2;;;/h2*3-11H,1-2H3;1-2H3;2*1H;/q;;;;;+2/p-2. The molecule has 0 fully saturated rings. The van der Waals surface area contributed by atoms with Crippen LogP contribution in [0.1, 0.15) is 54.5 Å². The van der Waals surface area contributed by atoms with E-state index in [1.165, 1.54) is 66.8 Å². The molecular formula is C38H36Cl2N8SiZr. The van der Waals surface area contributed by atoms with E-state index >= 15 is 0 Å². The third-order valence-corrected chi connectivity index (χ3v) is 29.7. The van der Waals surface area contributed by atoms with Crippen LogP contribution in [0.4, 0.5) is 0 Å². The Morgan fingerprint density at radius 3 is 1.32 bits per heavy atom. The maximum Gasteiger partial charge on any atom is -1.00 e. The first kappa shape index (κ1) is 36.0. The number of allylic oxidation sites excluding steroid dienone is 2. The molecule has 0 saturated heterocycles. The van der Waals surface area contributed by atoms with E-state index in [1.54, 1.807) is 22.0 Å². The minimum absolute atomic E-state index is 0. The second-order valence-electron chi connectivity index (χ2n) is 13.3. The van der Waals surface area contributed by atoms with Crippen LogP contribution in [-0.2, 0) is 20.4 Å². The maximum absolute atomic E-state index is 4.32. The van der Waals surface area contributed by atoms with Gasteiger partial charge in [-0.15, -0.1) is 0 Å².